The van der Waals surface area contributed by atoms with Gasteiger partial charge in [0, 0.05) is 31.8 Å². The second kappa shape index (κ2) is 11.1. The van der Waals surface area contributed by atoms with Crippen molar-refractivity contribution in [1.82, 2.24) is 4.90 Å². The van der Waals surface area contributed by atoms with E-state index in [1.165, 1.54) is 18.1 Å². The summed E-state index contributed by atoms with van der Waals surface area (Å²) in [5, 5.41) is 0. The molecule has 0 aliphatic carbocycles. The highest BCUT2D eigenvalue weighted by atomic mass is 16.5. The third-order valence-electron chi connectivity index (χ3n) is 3.53. The lowest BCUT2D eigenvalue weighted by Gasteiger charge is -2.20. The summed E-state index contributed by atoms with van der Waals surface area (Å²) in [6, 6.07) is 5.32. The molecule has 7 heteroatoms. The van der Waals surface area contributed by atoms with Gasteiger partial charge < -0.3 is 23.8 Å². The molecule has 138 valence electrons. The van der Waals surface area contributed by atoms with Gasteiger partial charge in [-0.25, -0.2) is 0 Å². The minimum absolute atomic E-state index is 0.127. The normalized spacial score (nSPS) is 10.6. The first-order valence-electron chi connectivity index (χ1n) is 7.80. The van der Waals surface area contributed by atoms with Crippen LogP contribution in [0.25, 0.3) is 6.08 Å². The quantitative estimate of drug-likeness (QED) is 0.472. The second-order valence-corrected chi connectivity index (χ2v) is 5.09. The van der Waals surface area contributed by atoms with E-state index in [0.717, 1.165) is 5.56 Å². The van der Waals surface area contributed by atoms with Gasteiger partial charge in [0.05, 0.1) is 34.4 Å². The summed E-state index contributed by atoms with van der Waals surface area (Å²) in [5.74, 6) is 0.692. The van der Waals surface area contributed by atoms with E-state index >= 15 is 0 Å². The van der Waals surface area contributed by atoms with Crippen LogP contribution < -0.4 is 9.47 Å². The lowest BCUT2D eigenvalue weighted by atomic mass is 10.1. The SMILES string of the molecule is COCCN(CCC(=O)OC)C(=O)/C=C/c1cc(OC)ccc1OC. The predicted molar refractivity (Wildman–Crippen MR) is 93.7 cm³/mol. The highest BCUT2D eigenvalue weighted by molar-refractivity contribution is 5.92. The largest absolute Gasteiger partial charge is 0.497 e. The number of methoxy groups -OCH3 is 4. The summed E-state index contributed by atoms with van der Waals surface area (Å²) in [5.41, 5.74) is 0.717. The number of benzene rings is 1. The minimum atomic E-state index is -0.367. The average Bonchev–Trinajstić information content (AvgIpc) is 2.65. The maximum absolute atomic E-state index is 12.4. The molecular weight excluding hydrogens is 326 g/mol. The number of carbonyl (C=O) groups is 2. The summed E-state index contributed by atoms with van der Waals surface area (Å²) in [4.78, 5) is 25.3. The number of amides is 1. The first kappa shape index (κ1) is 20.5. The molecule has 0 aliphatic heterocycles. The molecule has 25 heavy (non-hydrogen) atoms. The Morgan fingerprint density at radius 2 is 1.84 bits per heavy atom. The van der Waals surface area contributed by atoms with Crippen molar-refractivity contribution in [2.24, 2.45) is 0 Å². The van der Waals surface area contributed by atoms with E-state index in [0.29, 0.717) is 24.7 Å². The molecule has 1 aromatic carbocycles. The van der Waals surface area contributed by atoms with Gasteiger partial charge >= 0.3 is 5.97 Å². The summed E-state index contributed by atoms with van der Waals surface area (Å²) in [6.45, 7) is 1.02. The fourth-order valence-corrected chi connectivity index (χ4v) is 2.10. The number of nitrogens with zero attached hydrogens (tertiary/aromatic N) is 1. The van der Waals surface area contributed by atoms with Crippen molar-refractivity contribution in [3.63, 3.8) is 0 Å². The molecule has 1 rings (SSSR count). The fourth-order valence-electron chi connectivity index (χ4n) is 2.10. The van der Waals surface area contributed by atoms with E-state index in [9.17, 15) is 9.59 Å². The number of hydrogen-bond donors (Lipinski definition) is 0. The fraction of sp³-hybridized carbons (Fsp3) is 0.444. The van der Waals surface area contributed by atoms with Crippen molar-refractivity contribution in [1.29, 1.82) is 0 Å². The summed E-state index contributed by atoms with van der Waals surface area (Å²) in [6.07, 6.45) is 3.22. The Kier molecular flexibility index (Phi) is 9.10. The molecule has 0 atom stereocenters. The molecular formula is C18H25NO6. The Morgan fingerprint density at radius 3 is 2.44 bits per heavy atom. The topological polar surface area (TPSA) is 74.3 Å². The Balaban J connectivity index is 2.86. The van der Waals surface area contributed by atoms with Crippen LogP contribution in [-0.4, -0.2) is 64.9 Å². The van der Waals surface area contributed by atoms with Crippen molar-refractivity contribution < 1.29 is 28.5 Å². The molecule has 1 aromatic rings. The molecule has 0 heterocycles. The van der Waals surface area contributed by atoms with Crippen molar-refractivity contribution in [3.8, 4) is 11.5 Å². The molecule has 0 spiro atoms. The first-order valence-corrected chi connectivity index (χ1v) is 7.80. The molecule has 0 saturated heterocycles. The van der Waals surface area contributed by atoms with Crippen LogP contribution in [0.3, 0.4) is 0 Å². The number of hydrogen-bond acceptors (Lipinski definition) is 6. The predicted octanol–water partition coefficient (Wildman–Crippen LogP) is 1.76. The van der Waals surface area contributed by atoms with Crippen LogP contribution in [0, 0.1) is 0 Å². The van der Waals surface area contributed by atoms with E-state index in [1.807, 2.05) is 0 Å². The van der Waals surface area contributed by atoms with Crippen molar-refractivity contribution in [2.75, 3.05) is 48.1 Å². The number of carbonyl (C=O) groups excluding carboxylic acids is 2. The zero-order chi connectivity index (χ0) is 18.7. The Bertz CT molecular complexity index is 599. The number of esters is 1. The van der Waals surface area contributed by atoms with Crippen molar-refractivity contribution in [3.05, 3.63) is 29.8 Å². The number of rotatable bonds is 10. The zero-order valence-electron chi connectivity index (χ0n) is 15.1. The third kappa shape index (κ3) is 6.84. The van der Waals surface area contributed by atoms with E-state index in [2.05, 4.69) is 4.74 Å². The molecule has 0 unspecified atom stereocenters. The molecule has 0 bridgehead atoms. The minimum Gasteiger partial charge on any atom is -0.497 e. The van der Waals surface area contributed by atoms with Crippen LogP contribution >= 0.6 is 0 Å². The van der Waals surface area contributed by atoms with Gasteiger partial charge in [-0.05, 0) is 24.3 Å². The Labute approximate surface area is 148 Å². The van der Waals surface area contributed by atoms with Gasteiger partial charge in [0.15, 0.2) is 0 Å². The molecule has 7 nitrogen and oxygen atoms in total. The van der Waals surface area contributed by atoms with E-state index < -0.39 is 0 Å². The van der Waals surface area contributed by atoms with Crippen LogP contribution in [0.15, 0.2) is 24.3 Å². The molecule has 0 aromatic heterocycles. The van der Waals surface area contributed by atoms with Gasteiger partial charge in [-0.2, -0.15) is 0 Å². The van der Waals surface area contributed by atoms with Crippen LogP contribution in [0.1, 0.15) is 12.0 Å². The van der Waals surface area contributed by atoms with E-state index in [1.54, 1.807) is 45.6 Å². The Hall–Kier alpha value is -2.54. The van der Waals surface area contributed by atoms with Gasteiger partial charge in [0.1, 0.15) is 11.5 Å². The van der Waals surface area contributed by atoms with Gasteiger partial charge in [-0.1, -0.05) is 0 Å². The highest BCUT2D eigenvalue weighted by Gasteiger charge is 2.13. The summed E-state index contributed by atoms with van der Waals surface area (Å²) in [7, 11) is 6.00. The lowest BCUT2D eigenvalue weighted by Crippen LogP contribution is -2.34. The Morgan fingerprint density at radius 1 is 1.08 bits per heavy atom. The molecule has 1 amide bonds. The second-order valence-electron chi connectivity index (χ2n) is 5.09. The molecule has 0 fully saturated rings. The standard InChI is InChI=1S/C18H25NO6/c1-22-12-11-19(10-9-18(21)25-4)17(20)8-5-14-13-15(23-2)6-7-16(14)24-3/h5-8,13H,9-12H2,1-4H3/b8-5+. The van der Waals surface area contributed by atoms with Crippen LogP contribution in [0.2, 0.25) is 0 Å². The highest BCUT2D eigenvalue weighted by Crippen LogP contribution is 2.25. The molecule has 0 saturated carbocycles. The maximum atomic E-state index is 12.4. The molecule has 0 N–H and O–H groups in total. The maximum Gasteiger partial charge on any atom is 0.307 e. The molecule has 0 aliphatic rings. The van der Waals surface area contributed by atoms with Gasteiger partial charge in [0.25, 0.3) is 0 Å². The van der Waals surface area contributed by atoms with Crippen molar-refractivity contribution in [2.45, 2.75) is 6.42 Å². The van der Waals surface area contributed by atoms with Gasteiger partial charge in [0.2, 0.25) is 5.91 Å². The smallest absolute Gasteiger partial charge is 0.307 e. The lowest BCUT2D eigenvalue weighted by molar-refractivity contribution is -0.141. The van der Waals surface area contributed by atoms with Gasteiger partial charge in [-0.15, -0.1) is 0 Å². The van der Waals surface area contributed by atoms with Crippen LogP contribution in [-0.2, 0) is 19.1 Å². The van der Waals surface area contributed by atoms with Gasteiger partial charge in [-0.3, -0.25) is 9.59 Å². The third-order valence-corrected chi connectivity index (χ3v) is 3.53. The summed E-state index contributed by atoms with van der Waals surface area (Å²) >= 11 is 0. The number of ether oxygens (including phenoxy) is 4. The summed E-state index contributed by atoms with van der Waals surface area (Å²) < 4.78 is 20.1. The first-order chi connectivity index (χ1) is 12.0. The van der Waals surface area contributed by atoms with E-state index in [-0.39, 0.29) is 24.8 Å². The van der Waals surface area contributed by atoms with E-state index in [4.69, 9.17) is 14.2 Å². The molecule has 0 radical (unpaired) electrons. The zero-order valence-corrected chi connectivity index (χ0v) is 15.1. The van der Waals surface area contributed by atoms with Crippen molar-refractivity contribution >= 4 is 18.0 Å². The van der Waals surface area contributed by atoms with Crippen LogP contribution in [0.5, 0.6) is 11.5 Å². The monoisotopic (exact) mass is 351 g/mol. The van der Waals surface area contributed by atoms with Crippen LogP contribution in [0.4, 0.5) is 0 Å². The average molecular weight is 351 g/mol.